The van der Waals surface area contributed by atoms with Gasteiger partial charge in [-0.05, 0) is 36.5 Å². The lowest BCUT2D eigenvalue weighted by molar-refractivity contribution is -0.137. The van der Waals surface area contributed by atoms with Crippen LogP contribution in [0, 0.1) is 5.92 Å². The van der Waals surface area contributed by atoms with Crippen LogP contribution >= 0.6 is 0 Å². The molecule has 0 spiro atoms. The van der Waals surface area contributed by atoms with Gasteiger partial charge in [-0.2, -0.15) is 13.2 Å². The van der Waals surface area contributed by atoms with Crippen LogP contribution in [0.25, 0.3) is 0 Å². The summed E-state index contributed by atoms with van der Waals surface area (Å²) in [6.07, 6.45) is -3.54. The summed E-state index contributed by atoms with van der Waals surface area (Å²) >= 11 is 0. The fraction of sp³-hybridized carbons (Fsp3) is 0.500. The summed E-state index contributed by atoms with van der Waals surface area (Å²) in [7, 11) is 0. The second kappa shape index (κ2) is 8.56. The van der Waals surface area contributed by atoms with Gasteiger partial charge in [0.1, 0.15) is 6.04 Å². The Bertz CT molecular complexity index is 557. The highest BCUT2D eigenvalue weighted by Crippen LogP contribution is 2.29. The Morgan fingerprint density at radius 1 is 1.17 bits per heavy atom. The Labute approximate surface area is 138 Å². The van der Waals surface area contributed by atoms with Crippen molar-refractivity contribution in [3.05, 3.63) is 35.4 Å². The van der Waals surface area contributed by atoms with Gasteiger partial charge in [0.05, 0.1) is 5.56 Å². The van der Waals surface area contributed by atoms with Gasteiger partial charge in [0.25, 0.3) is 0 Å². The summed E-state index contributed by atoms with van der Waals surface area (Å²) in [5.41, 5.74) is 5.02. The Morgan fingerprint density at radius 2 is 1.75 bits per heavy atom. The Balaban J connectivity index is 2.52. The molecule has 24 heavy (non-hydrogen) atoms. The van der Waals surface area contributed by atoms with Crippen molar-refractivity contribution in [2.24, 2.45) is 11.7 Å². The Morgan fingerprint density at radius 3 is 2.21 bits per heavy atom. The van der Waals surface area contributed by atoms with Crippen LogP contribution in [0.15, 0.2) is 24.3 Å². The molecular weight excluding hydrogens is 323 g/mol. The molecular formula is C16H22F3N3O2. The van der Waals surface area contributed by atoms with E-state index < -0.39 is 23.8 Å². The summed E-state index contributed by atoms with van der Waals surface area (Å²) in [6.45, 7) is 4.07. The Kier molecular flexibility index (Phi) is 7.06. The first-order valence-electron chi connectivity index (χ1n) is 7.59. The van der Waals surface area contributed by atoms with E-state index in [0.717, 1.165) is 12.1 Å². The highest BCUT2D eigenvalue weighted by Gasteiger charge is 2.29. The van der Waals surface area contributed by atoms with Crippen molar-refractivity contribution in [2.75, 3.05) is 6.54 Å². The summed E-state index contributed by atoms with van der Waals surface area (Å²) in [6, 6.07) is 3.26. The molecule has 5 nitrogen and oxygen atoms in total. The van der Waals surface area contributed by atoms with E-state index in [1.54, 1.807) is 0 Å². The molecule has 134 valence electrons. The highest BCUT2D eigenvalue weighted by atomic mass is 19.4. The van der Waals surface area contributed by atoms with Crippen molar-refractivity contribution in [1.82, 2.24) is 10.6 Å². The molecule has 3 amide bonds. The molecule has 1 aromatic rings. The molecule has 0 aliphatic rings. The van der Waals surface area contributed by atoms with Crippen molar-refractivity contribution >= 4 is 11.9 Å². The van der Waals surface area contributed by atoms with Crippen molar-refractivity contribution in [3.63, 3.8) is 0 Å². The van der Waals surface area contributed by atoms with E-state index in [2.05, 4.69) is 10.6 Å². The van der Waals surface area contributed by atoms with Crippen molar-refractivity contribution in [2.45, 2.75) is 38.9 Å². The lowest BCUT2D eigenvalue weighted by Crippen LogP contribution is -2.49. The van der Waals surface area contributed by atoms with Crippen molar-refractivity contribution in [1.29, 1.82) is 0 Å². The molecule has 4 N–H and O–H groups in total. The first-order valence-corrected chi connectivity index (χ1v) is 7.59. The molecule has 0 aliphatic heterocycles. The SMILES string of the molecule is CC(C)C[C@H](NC(N)=O)C(=O)NCCc1ccc(C(F)(F)F)cc1. The van der Waals surface area contributed by atoms with Gasteiger partial charge in [0.15, 0.2) is 0 Å². The second-order valence-corrected chi connectivity index (χ2v) is 5.93. The predicted octanol–water partition coefficient (Wildman–Crippen LogP) is 2.45. The fourth-order valence-electron chi connectivity index (χ4n) is 2.19. The number of hydrogen-bond acceptors (Lipinski definition) is 2. The third kappa shape index (κ3) is 6.89. The largest absolute Gasteiger partial charge is 0.416 e. The third-order valence-electron chi connectivity index (χ3n) is 3.33. The van der Waals surface area contributed by atoms with E-state index in [4.69, 9.17) is 5.73 Å². The molecule has 0 aromatic heterocycles. The molecule has 1 aromatic carbocycles. The molecule has 1 rings (SSSR count). The van der Waals surface area contributed by atoms with E-state index in [-0.39, 0.29) is 18.4 Å². The molecule has 0 fully saturated rings. The van der Waals surface area contributed by atoms with E-state index in [1.165, 1.54) is 12.1 Å². The predicted molar refractivity (Wildman–Crippen MR) is 84.1 cm³/mol. The maximum atomic E-state index is 12.5. The first-order chi connectivity index (χ1) is 11.1. The maximum absolute atomic E-state index is 12.5. The minimum Gasteiger partial charge on any atom is -0.354 e. The van der Waals surface area contributed by atoms with Gasteiger partial charge in [-0.3, -0.25) is 4.79 Å². The lowest BCUT2D eigenvalue weighted by atomic mass is 10.0. The molecule has 0 aliphatic carbocycles. The third-order valence-corrected chi connectivity index (χ3v) is 3.33. The van der Waals surface area contributed by atoms with Crippen LogP contribution in [0.3, 0.4) is 0 Å². The van der Waals surface area contributed by atoms with Gasteiger partial charge in [-0.1, -0.05) is 26.0 Å². The molecule has 0 unspecified atom stereocenters. The summed E-state index contributed by atoms with van der Waals surface area (Å²) in [4.78, 5) is 23.0. The lowest BCUT2D eigenvalue weighted by Gasteiger charge is -2.19. The molecule has 0 saturated heterocycles. The molecule has 0 radical (unpaired) electrons. The van der Waals surface area contributed by atoms with E-state index in [1.807, 2.05) is 13.8 Å². The zero-order chi connectivity index (χ0) is 18.3. The summed E-state index contributed by atoms with van der Waals surface area (Å²) in [5.74, 6) is -0.183. The van der Waals surface area contributed by atoms with Gasteiger partial charge in [0, 0.05) is 6.54 Å². The van der Waals surface area contributed by atoms with Crippen LogP contribution in [-0.2, 0) is 17.4 Å². The van der Waals surface area contributed by atoms with Gasteiger partial charge < -0.3 is 16.4 Å². The zero-order valence-corrected chi connectivity index (χ0v) is 13.6. The van der Waals surface area contributed by atoms with Crippen LogP contribution < -0.4 is 16.4 Å². The van der Waals surface area contributed by atoms with Crippen LogP contribution in [0.5, 0.6) is 0 Å². The topological polar surface area (TPSA) is 84.2 Å². The average Bonchev–Trinajstić information content (AvgIpc) is 2.45. The number of urea groups is 1. The molecule has 1 atom stereocenters. The van der Waals surface area contributed by atoms with Crippen LogP contribution in [0.1, 0.15) is 31.4 Å². The number of rotatable bonds is 7. The number of nitrogens with two attached hydrogens (primary N) is 1. The monoisotopic (exact) mass is 345 g/mol. The maximum Gasteiger partial charge on any atom is 0.416 e. The van der Waals surface area contributed by atoms with Crippen molar-refractivity contribution in [3.8, 4) is 0 Å². The molecule has 0 saturated carbocycles. The number of halogens is 3. The van der Waals surface area contributed by atoms with Crippen LogP contribution in [-0.4, -0.2) is 24.5 Å². The second-order valence-electron chi connectivity index (χ2n) is 5.93. The minimum absolute atomic E-state index is 0.183. The molecule has 0 bridgehead atoms. The highest BCUT2D eigenvalue weighted by molar-refractivity contribution is 5.86. The van der Waals surface area contributed by atoms with E-state index in [9.17, 15) is 22.8 Å². The standard InChI is InChI=1S/C16H22F3N3O2/c1-10(2)9-13(22-15(20)24)14(23)21-8-7-11-3-5-12(6-4-11)16(17,18)19/h3-6,10,13H,7-9H2,1-2H3,(H,21,23)(H3,20,22,24)/t13-/m0/s1. The number of amides is 3. The summed E-state index contributed by atoms with van der Waals surface area (Å²) < 4.78 is 37.4. The van der Waals surface area contributed by atoms with Crippen molar-refractivity contribution < 1.29 is 22.8 Å². The smallest absolute Gasteiger partial charge is 0.354 e. The van der Waals surface area contributed by atoms with Gasteiger partial charge >= 0.3 is 12.2 Å². The van der Waals surface area contributed by atoms with Gasteiger partial charge in [-0.25, -0.2) is 4.79 Å². The van der Waals surface area contributed by atoms with E-state index >= 15 is 0 Å². The normalized spacial score (nSPS) is 12.8. The number of benzene rings is 1. The van der Waals surface area contributed by atoms with Crippen LogP contribution in [0.4, 0.5) is 18.0 Å². The quantitative estimate of drug-likeness (QED) is 0.709. The fourth-order valence-corrected chi connectivity index (χ4v) is 2.19. The summed E-state index contributed by atoms with van der Waals surface area (Å²) in [5, 5.41) is 5.04. The van der Waals surface area contributed by atoms with Gasteiger partial charge in [0.2, 0.25) is 5.91 Å². The molecule has 8 heteroatoms. The number of primary amides is 1. The van der Waals surface area contributed by atoms with Gasteiger partial charge in [-0.15, -0.1) is 0 Å². The zero-order valence-electron chi connectivity index (χ0n) is 13.6. The molecule has 0 heterocycles. The van der Waals surface area contributed by atoms with E-state index in [0.29, 0.717) is 18.4 Å². The first kappa shape index (κ1) is 19.8. The number of hydrogen-bond donors (Lipinski definition) is 3. The number of alkyl halides is 3. The average molecular weight is 345 g/mol. The minimum atomic E-state index is -4.36. The number of carbonyl (C=O) groups excluding carboxylic acids is 2. The number of nitrogens with one attached hydrogen (secondary N) is 2. The Hall–Kier alpha value is -2.25. The number of carbonyl (C=O) groups is 2. The van der Waals surface area contributed by atoms with Crippen LogP contribution in [0.2, 0.25) is 0 Å².